The summed E-state index contributed by atoms with van der Waals surface area (Å²) in [4.78, 5) is 26.1. The first kappa shape index (κ1) is 17.8. The number of ether oxygens (including phenoxy) is 1. The fourth-order valence-electron chi connectivity index (χ4n) is 2.46. The summed E-state index contributed by atoms with van der Waals surface area (Å²) < 4.78 is 28.9. The number of rotatable bonds is 7. The molecule has 2 unspecified atom stereocenters. The fourth-order valence-corrected chi connectivity index (χ4v) is 2.46. The second-order valence-electron chi connectivity index (χ2n) is 5.92. The summed E-state index contributed by atoms with van der Waals surface area (Å²) >= 11 is 0. The number of nitrogens with one attached hydrogen (secondary N) is 1. The van der Waals surface area contributed by atoms with Gasteiger partial charge in [-0.1, -0.05) is 27.7 Å². The minimum atomic E-state index is -2.53. The molecule has 1 rings (SSSR count). The predicted octanol–water partition coefficient (Wildman–Crippen LogP) is 1.28. The Kier molecular flexibility index (Phi) is 6.51. The summed E-state index contributed by atoms with van der Waals surface area (Å²) in [5, 5.41) is 2.74. The van der Waals surface area contributed by atoms with Gasteiger partial charge in [-0.3, -0.25) is 9.59 Å². The van der Waals surface area contributed by atoms with Crippen LogP contribution in [-0.2, 0) is 14.3 Å². The summed E-state index contributed by atoms with van der Waals surface area (Å²) in [6.45, 7) is 6.88. The van der Waals surface area contributed by atoms with E-state index in [4.69, 9.17) is 4.74 Å². The molecule has 1 heterocycles. The quantitative estimate of drug-likeness (QED) is 0.721. The Morgan fingerprint density at radius 1 is 1.19 bits per heavy atom. The van der Waals surface area contributed by atoms with Crippen LogP contribution in [0.25, 0.3) is 0 Å². The zero-order valence-corrected chi connectivity index (χ0v) is 12.9. The van der Waals surface area contributed by atoms with E-state index in [1.165, 1.54) is 4.90 Å². The van der Waals surface area contributed by atoms with Crippen LogP contribution in [0.4, 0.5) is 8.78 Å². The third-order valence-corrected chi connectivity index (χ3v) is 3.47. The highest BCUT2D eigenvalue weighted by atomic mass is 19.3. The van der Waals surface area contributed by atoms with Crippen molar-refractivity contribution in [2.45, 2.75) is 46.2 Å². The molecule has 0 aromatic rings. The highest BCUT2D eigenvalue weighted by molar-refractivity contribution is 5.97. The molecule has 0 spiro atoms. The van der Waals surface area contributed by atoms with Crippen molar-refractivity contribution in [1.29, 1.82) is 0 Å². The summed E-state index contributed by atoms with van der Waals surface area (Å²) in [5.41, 5.74) is 0. The number of carbonyl (C=O) groups is 2. The number of hydrogen-bond donors (Lipinski definition) is 1. The molecule has 2 atom stereocenters. The van der Waals surface area contributed by atoms with Gasteiger partial charge < -0.3 is 15.0 Å². The van der Waals surface area contributed by atoms with Crippen LogP contribution in [0.5, 0.6) is 0 Å². The molecular weight excluding hydrogens is 282 g/mol. The van der Waals surface area contributed by atoms with Gasteiger partial charge in [0.15, 0.2) is 0 Å². The van der Waals surface area contributed by atoms with Gasteiger partial charge in [0.05, 0.1) is 6.61 Å². The smallest absolute Gasteiger partial charge is 0.261 e. The van der Waals surface area contributed by atoms with E-state index in [1.54, 1.807) is 0 Å². The normalized spacial score (nSPS) is 23.4. The first-order valence-corrected chi connectivity index (χ1v) is 7.22. The molecule has 0 saturated carbocycles. The van der Waals surface area contributed by atoms with E-state index in [2.05, 4.69) is 5.32 Å². The fraction of sp³-hybridized carbons (Fsp3) is 0.857. The molecule has 1 N–H and O–H groups in total. The molecule has 0 aromatic carbocycles. The lowest BCUT2D eigenvalue weighted by Crippen LogP contribution is -2.66. The molecule has 1 saturated heterocycles. The Balaban J connectivity index is 2.75. The second kappa shape index (κ2) is 7.68. The Morgan fingerprint density at radius 2 is 1.81 bits per heavy atom. The standard InChI is InChI=1S/C14H24F2N2O3/c1-8(2)11-14(20)18(5-6-21-7-10(15)16)12(9(3)4)13(19)17-11/h8-12H,5-7H2,1-4H3,(H,17,19). The van der Waals surface area contributed by atoms with Crippen molar-refractivity contribution in [2.24, 2.45) is 11.8 Å². The van der Waals surface area contributed by atoms with Crippen LogP contribution in [0.1, 0.15) is 27.7 Å². The highest BCUT2D eigenvalue weighted by Crippen LogP contribution is 2.20. The van der Waals surface area contributed by atoms with Crippen molar-refractivity contribution < 1.29 is 23.1 Å². The van der Waals surface area contributed by atoms with E-state index in [0.29, 0.717) is 0 Å². The lowest BCUT2D eigenvalue weighted by molar-refractivity contribution is -0.153. The summed E-state index contributed by atoms with van der Waals surface area (Å²) in [7, 11) is 0. The second-order valence-corrected chi connectivity index (χ2v) is 5.92. The predicted molar refractivity (Wildman–Crippen MR) is 73.9 cm³/mol. The van der Waals surface area contributed by atoms with E-state index in [0.717, 1.165) is 0 Å². The van der Waals surface area contributed by atoms with Crippen LogP contribution in [-0.4, -0.2) is 55.0 Å². The van der Waals surface area contributed by atoms with Crippen LogP contribution in [0.2, 0.25) is 0 Å². The number of carbonyl (C=O) groups excluding carboxylic acids is 2. The van der Waals surface area contributed by atoms with Crippen molar-refractivity contribution in [1.82, 2.24) is 10.2 Å². The third-order valence-electron chi connectivity index (χ3n) is 3.47. The largest absolute Gasteiger partial charge is 0.374 e. The molecule has 0 radical (unpaired) electrons. The molecule has 1 aliphatic rings. The maximum atomic E-state index is 12.5. The van der Waals surface area contributed by atoms with Gasteiger partial charge in [-0.15, -0.1) is 0 Å². The average molecular weight is 306 g/mol. The minimum Gasteiger partial charge on any atom is -0.374 e. The lowest BCUT2D eigenvalue weighted by Gasteiger charge is -2.42. The Morgan fingerprint density at radius 3 is 2.29 bits per heavy atom. The van der Waals surface area contributed by atoms with Crippen LogP contribution in [0.3, 0.4) is 0 Å². The average Bonchev–Trinajstić information content (AvgIpc) is 2.36. The van der Waals surface area contributed by atoms with E-state index in [9.17, 15) is 18.4 Å². The maximum absolute atomic E-state index is 12.5. The molecule has 0 bridgehead atoms. The monoisotopic (exact) mass is 306 g/mol. The van der Waals surface area contributed by atoms with Crippen molar-refractivity contribution in [3.8, 4) is 0 Å². The molecule has 5 nitrogen and oxygen atoms in total. The minimum absolute atomic E-state index is 0.00258. The summed E-state index contributed by atoms with van der Waals surface area (Å²) in [6, 6.07) is -1.15. The molecule has 7 heteroatoms. The van der Waals surface area contributed by atoms with Gasteiger partial charge in [0, 0.05) is 6.54 Å². The number of hydrogen-bond acceptors (Lipinski definition) is 3. The van der Waals surface area contributed by atoms with E-state index < -0.39 is 25.1 Å². The van der Waals surface area contributed by atoms with Gasteiger partial charge in [0.2, 0.25) is 11.8 Å². The molecule has 21 heavy (non-hydrogen) atoms. The van der Waals surface area contributed by atoms with Gasteiger partial charge in [-0.05, 0) is 11.8 Å². The summed E-state index contributed by atoms with van der Waals surface area (Å²) in [6.07, 6.45) is -2.53. The number of alkyl halides is 2. The SMILES string of the molecule is CC(C)C1NC(=O)C(C(C)C)N(CCOCC(F)F)C1=O. The zero-order chi connectivity index (χ0) is 16.2. The Hall–Kier alpha value is -1.24. The first-order valence-electron chi connectivity index (χ1n) is 7.22. The molecule has 0 aliphatic carbocycles. The number of halogens is 2. The first-order chi connectivity index (χ1) is 9.75. The van der Waals surface area contributed by atoms with E-state index >= 15 is 0 Å². The van der Waals surface area contributed by atoms with Gasteiger partial charge >= 0.3 is 0 Å². The van der Waals surface area contributed by atoms with Gasteiger partial charge in [-0.25, -0.2) is 8.78 Å². The molecule has 1 aliphatic heterocycles. The third kappa shape index (κ3) is 4.62. The lowest BCUT2D eigenvalue weighted by atomic mass is 9.93. The molecule has 0 aromatic heterocycles. The van der Waals surface area contributed by atoms with E-state index in [1.807, 2.05) is 27.7 Å². The van der Waals surface area contributed by atoms with Gasteiger partial charge in [0.25, 0.3) is 6.43 Å². The number of amides is 2. The molecule has 122 valence electrons. The molecule has 2 amide bonds. The van der Waals surface area contributed by atoms with Crippen molar-refractivity contribution >= 4 is 11.8 Å². The number of piperazine rings is 1. The van der Waals surface area contributed by atoms with Crippen LogP contribution in [0.15, 0.2) is 0 Å². The Bertz CT molecular complexity index is 375. The van der Waals surface area contributed by atoms with E-state index in [-0.39, 0.29) is 36.8 Å². The van der Waals surface area contributed by atoms with Gasteiger partial charge in [0.1, 0.15) is 18.7 Å². The number of nitrogens with zero attached hydrogens (tertiary/aromatic N) is 1. The van der Waals surface area contributed by atoms with Crippen molar-refractivity contribution in [3.05, 3.63) is 0 Å². The van der Waals surface area contributed by atoms with Crippen LogP contribution in [0, 0.1) is 11.8 Å². The maximum Gasteiger partial charge on any atom is 0.261 e. The highest BCUT2D eigenvalue weighted by Gasteiger charge is 2.42. The molecular formula is C14H24F2N2O3. The topological polar surface area (TPSA) is 58.6 Å². The zero-order valence-electron chi connectivity index (χ0n) is 12.9. The Labute approximate surface area is 124 Å². The molecule has 1 fully saturated rings. The van der Waals surface area contributed by atoms with Crippen molar-refractivity contribution in [2.75, 3.05) is 19.8 Å². The van der Waals surface area contributed by atoms with Crippen molar-refractivity contribution in [3.63, 3.8) is 0 Å². The van der Waals surface area contributed by atoms with Crippen LogP contribution < -0.4 is 5.32 Å². The van der Waals surface area contributed by atoms with Gasteiger partial charge in [-0.2, -0.15) is 0 Å². The summed E-state index contributed by atoms with van der Waals surface area (Å²) in [5.74, 6) is -0.461. The van der Waals surface area contributed by atoms with Crippen LogP contribution >= 0.6 is 0 Å².